The molecule has 7 heteroatoms. The monoisotopic (exact) mass is 464 g/mol. The minimum absolute atomic E-state index is 0.133. The zero-order valence-electron chi connectivity index (χ0n) is 19.2. The van der Waals surface area contributed by atoms with Gasteiger partial charge in [0.25, 0.3) is 5.69 Å². The summed E-state index contributed by atoms with van der Waals surface area (Å²) >= 11 is 1.48. The van der Waals surface area contributed by atoms with Crippen LogP contribution in [-0.2, 0) is 6.54 Å². The number of hydrogen-bond acceptors (Lipinski definition) is 6. The van der Waals surface area contributed by atoms with Crippen LogP contribution in [0.4, 0.5) is 11.4 Å². The van der Waals surface area contributed by atoms with Gasteiger partial charge in [0.2, 0.25) is 0 Å². The van der Waals surface area contributed by atoms with Gasteiger partial charge in [-0.3, -0.25) is 15.0 Å². The summed E-state index contributed by atoms with van der Waals surface area (Å²) in [6, 6.07) is 19.9. The second-order valence-corrected chi connectivity index (χ2v) is 9.56. The molecule has 6 nitrogen and oxygen atoms in total. The Morgan fingerprint density at radius 2 is 1.76 bits per heavy atom. The average molecular weight is 465 g/mol. The highest BCUT2D eigenvalue weighted by Crippen LogP contribution is 2.28. The molecule has 0 unspecified atom stereocenters. The minimum atomic E-state index is -0.301. The van der Waals surface area contributed by atoms with E-state index in [0.29, 0.717) is 0 Å². The molecule has 1 N–H and O–H groups in total. The van der Waals surface area contributed by atoms with Gasteiger partial charge in [0.1, 0.15) is 0 Å². The van der Waals surface area contributed by atoms with E-state index in [0.717, 1.165) is 55.3 Å². The van der Waals surface area contributed by atoms with Crippen LogP contribution in [0.25, 0.3) is 10.8 Å². The first kappa shape index (κ1) is 23.5. The summed E-state index contributed by atoms with van der Waals surface area (Å²) in [5.41, 5.74) is 1.87. The molecule has 1 aliphatic heterocycles. The molecule has 3 aromatic carbocycles. The molecule has 1 aliphatic rings. The largest absolute Gasteiger partial charge is 0.325 e. The van der Waals surface area contributed by atoms with Gasteiger partial charge in [-0.05, 0) is 79.0 Å². The molecule has 0 aliphatic carbocycles. The Bertz CT molecular complexity index is 1090. The highest BCUT2D eigenvalue weighted by Gasteiger charge is 2.17. The smallest absolute Gasteiger partial charge is 0.271 e. The van der Waals surface area contributed by atoms with E-state index in [1.807, 2.05) is 18.2 Å². The van der Waals surface area contributed by atoms with Crippen LogP contribution in [0.2, 0.25) is 0 Å². The van der Waals surface area contributed by atoms with Crippen LogP contribution in [0, 0.1) is 10.1 Å². The summed E-state index contributed by atoms with van der Waals surface area (Å²) in [7, 11) is 0. The summed E-state index contributed by atoms with van der Waals surface area (Å²) in [4.78, 5) is 17.3. The summed E-state index contributed by atoms with van der Waals surface area (Å²) in [5.74, 6) is 0. The maximum Gasteiger partial charge on any atom is 0.271 e. The zero-order chi connectivity index (χ0) is 23.0. The number of nitrogens with zero attached hydrogens (tertiary/aromatic N) is 3. The van der Waals surface area contributed by atoms with E-state index < -0.39 is 0 Å². The van der Waals surface area contributed by atoms with Crippen molar-refractivity contribution in [2.45, 2.75) is 37.6 Å². The quantitative estimate of drug-likeness (QED) is 0.232. The molecule has 174 valence electrons. The van der Waals surface area contributed by atoms with E-state index in [9.17, 15) is 10.1 Å². The van der Waals surface area contributed by atoms with Gasteiger partial charge in [0.05, 0.1) is 10.6 Å². The fourth-order valence-electron chi connectivity index (χ4n) is 4.32. The molecule has 1 saturated heterocycles. The van der Waals surface area contributed by atoms with Crippen molar-refractivity contribution in [3.63, 3.8) is 0 Å². The number of benzene rings is 3. The molecule has 0 atom stereocenters. The molecular weight excluding hydrogens is 432 g/mol. The molecule has 4 rings (SSSR count). The lowest BCUT2D eigenvalue weighted by molar-refractivity contribution is -0.384. The normalized spacial score (nSPS) is 15.4. The lowest BCUT2D eigenvalue weighted by Crippen LogP contribution is -2.31. The Labute approximate surface area is 200 Å². The number of unbranched alkanes of at least 4 members (excludes halogenated alkanes) is 1. The van der Waals surface area contributed by atoms with E-state index >= 15 is 0 Å². The van der Waals surface area contributed by atoms with Gasteiger partial charge in [0.15, 0.2) is 0 Å². The van der Waals surface area contributed by atoms with Gasteiger partial charge in [-0.2, -0.15) is 0 Å². The number of hydrogen-bond donors (Lipinski definition) is 1. The number of nitro benzene ring substituents is 1. The maximum absolute atomic E-state index is 11.6. The van der Waals surface area contributed by atoms with Crippen LogP contribution in [-0.4, -0.2) is 47.4 Å². The highest BCUT2D eigenvalue weighted by atomic mass is 32.2. The molecule has 0 saturated carbocycles. The van der Waals surface area contributed by atoms with Crippen LogP contribution in [0.15, 0.2) is 65.6 Å². The van der Waals surface area contributed by atoms with Gasteiger partial charge in [-0.25, -0.2) is 0 Å². The van der Waals surface area contributed by atoms with E-state index in [1.54, 1.807) is 12.1 Å². The topological polar surface area (TPSA) is 61.6 Å². The predicted molar refractivity (Wildman–Crippen MR) is 138 cm³/mol. The molecular formula is C26H32N4O2S. The van der Waals surface area contributed by atoms with Gasteiger partial charge in [-0.1, -0.05) is 43.7 Å². The first-order valence-electron chi connectivity index (χ1n) is 11.8. The van der Waals surface area contributed by atoms with Gasteiger partial charge < -0.3 is 9.62 Å². The van der Waals surface area contributed by atoms with Gasteiger partial charge >= 0.3 is 0 Å². The van der Waals surface area contributed by atoms with Crippen molar-refractivity contribution in [2.75, 3.05) is 37.4 Å². The molecule has 1 heterocycles. The van der Waals surface area contributed by atoms with Gasteiger partial charge in [-0.15, -0.1) is 0 Å². The van der Waals surface area contributed by atoms with E-state index in [4.69, 9.17) is 0 Å². The van der Waals surface area contributed by atoms with E-state index in [1.165, 1.54) is 42.1 Å². The molecule has 0 radical (unpaired) electrons. The van der Waals surface area contributed by atoms with Crippen LogP contribution in [0.3, 0.4) is 0 Å². The lowest BCUT2D eigenvalue weighted by atomic mass is 10.1. The van der Waals surface area contributed by atoms with Crippen molar-refractivity contribution in [3.8, 4) is 0 Å². The van der Waals surface area contributed by atoms with Crippen LogP contribution < -0.4 is 4.72 Å². The van der Waals surface area contributed by atoms with Crippen LogP contribution in [0.1, 0.15) is 31.7 Å². The van der Waals surface area contributed by atoms with Crippen LogP contribution >= 0.6 is 11.9 Å². The van der Waals surface area contributed by atoms with Crippen LogP contribution in [0.5, 0.6) is 0 Å². The third-order valence-electron chi connectivity index (χ3n) is 6.11. The Kier molecular flexibility index (Phi) is 8.20. The summed E-state index contributed by atoms with van der Waals surface area (Å²) in [6.45, 7) is 8.37. The van der Waals surface area contributed by atoms with Crippen molar-refractivity contribution in [1.82, 2.24) is 9.80 Å². The molecule has 0 amide bonds. The van der Waals surface area contributed by atoms with E-state index in [-0.39, 0.29) is 10.6 Å². The van der Waals surface area contributed by atoms with E-state index in [2.05, 4.69) is 51.8 Å². The number of rotatable bonds is 9. The minimum Gasteiger partial charge on any atom is -0.325 e. The van der Waals surface area contributed by atoms with Crippen molar-refractivity contribution >= 4 is 34.1 Å². The fraction of sp³-hybridized carbons (Fsp3) is 0.385. The Hall–Kier alpha value is -2.61. The number of anilines is 1. The zero-order valence-corrected chi connectivity index (χ0v) is 20.0. The first-order valence-corrected chi connectivity index (χ1v) is 12.6. The second kappa shape index (κ2) is 11.5. The maximum atomic E-state index is 11.6. The van der Waals surface area contributed by atoms with Gasteiger partial charge in [0, 0.05) is 36.7 Å². The highest BCUT2D eigenvalue weighted by molar-refractivity contribution is 8.00. The summed E-state index contributed by atoms with van der Waals surface area (Å²) < 4.78 is 3.33. The Balaban J connectivity index is 1.43. The van der Waals surface area contributed by atoms with Crippen molar-refractivity contribution in [2.24, 2.45) is 0 Å². The number of non-ortho nitro benzene ring substituents is 1. The second-order valence-electron chi connectivity index (χ2n) is 8.68. The van der Waals surface area contributed by atoms with Crippen molar-refractivity contribution in [1.29, 1.82) is 0 Å². The third kappa shape index (κ3) is 6.69. The number of nitro groups is 1. The van der Waals surface area contributed by atoms with Crippen molar-refractivity contribution in [3.05, 3.63) is 76.3 Å². The molecule has 0 aromatic heterocycles. The summed E-state index contributed by atoms with van der Waals surface area (Å²) in [6.07, 6.45) is 3.61. The van der Waals surface area contributed by atoms with Crippen molar-refractivity contribution < 1.29 is 4.92 Å². The fourth-order valence-corrected chi connectivity index (χ4v) is 5.00. The molecule has 0 bridgehead atoms. The molecule has 0 spiro atoms. The Morgan fingerprint density at radius 1 is 0.970 bits per heavy atom. The Morgan fingerprint density at radius 3 is 2.58 bits per heavy atom. The third-order valence-corrected chi connectivity index (χ3v) is 6.94. The lowest BCUT2D eigenvalue weighted by Gasteiger charge is -2.22. The molecule has 33 heavy (non-hydrogen) atoms. The molecule has 3 aromatic rings. The number of fused-ring (bicyclic) bond motifs is 1. The standard InChI is InChI=1S/C26H32N4O2S/c1-2-3-11-28-12-6-13-29(15-14-28)20-21-16-24(19-25(17-21)30(31)32)27-33-26-10-9-22-7-4-5-8-23(22)18-26/h4-5,7-10,16-19,27H,2-3,6,11-15,20H2,1H3. The predicted octanol–water partition coefficient (Wildman–Crippen LogP) is 6.18. The number of nitrogens with one attached hydrogen (secondary N) is 1. The summed E-state index contributed by atoms with van der Waals surface area (Å²) in [5, 5.41) is 13.9. The SMILES string of the molecule is CCCCN1CCCN(Cc2cc(NSc3ccc4ccccc4c3)cc([N+](=O)[O-])c2)CC1. The average Bonchev–Trinajstić information content (AvgIpc) is 3.06. The first-order chi connectivity index (χ1) is 16.1. The molecule has 1 fully saturated rings.